The van der Waals surface area contributed by atoms with E-state index in [9.17, 15) is 0 Å². The molecule has 0 aliphatic rings. The van der Waals surface area contributed by atoms with Crippen molar-refractivity contribution < 1.29 is 0 Å². The first-order chi connectivity index (χ1) is 14.7. The van der Waals surface area contributed by atoms with Gasteiger partial charge in [-0.1, -0.05) is 62.8 Å². The van der Waals surface area contributed by atoms with E-state index in [2.05, 4.69) is 81.5 Å². The Hall–Kier alpha value is -2.62. The second-order valence-electron chi connectivity index (χ2n) is 8.43. The van der Waals surface area contributed by atoms with Crippen molar-refractivity contribution in [3.63, 3.8) is 0 Å². The van der Waals surface area contributed by atoms with Crippen LogP contribution in [0.3, 0.4) is 0 Å². The van der Waals surface area contributed by atoms with Gasteiger partial charge in [0.15, 0.2) is 0 Å². The van der Waals surface area contributed by atoms with Gasteiger partial charge < -0.3 is 9.13 Å². The fourth-order valence-electron chi connectivity index (χ4n) is 4.56. The Morgan fingerprint density at radius 3 is 1.33 bits per heavy atom. The molecule has 0 aliphatic carbocycles. The Morgan fingerprint density at radius 2 is 0.900 bits per heavy atom. The summed E-state index contributed by atoms with van der Waals surface area (Å²) in [4.78, 5) is 9.34. The minimum absolute atomic E-state index is 1.09. The average molecular weight is 403 g/mol. The summed E-state index contributed by atoms with van der Waals surface area (Å²) in [5, 5.41) is 0. The van der Waals surface area contributed by atoms with Gasteiger partial charge in [-0.15, -0.1) is 0 Å². The number of rotatable bonds is 11. The molecule has 0 saturated carbocycles. The highest BCUT2D eigenvalue weighted by Gasteiger charge is 2.07. The molecule has 4 aromatic rings. The smallest absolute Gasteiger partial charge is 0.106 e. The highest BCUT2D eigenvalue weighted by Crippen LogP contribution is 2.18. The van der Waals surface area contributed by atoms with Crippen LogP contribution in [0.15, 0.2) is 48.5 Å². The van der Waals surface area contributed by atoms with Gasteiger partial charge >= 0.3 is 0 Å². The standard InChI is InChI=1S/C26H34N4/c1-21-27-23-15-9-11-17-25(23)29(21)19-13-7-5-3-4-6-8-14-20-30-22(2)28-24-16-10-12-18-26(24)30/h9-12,15-18H,3-8,13-14,19-20H2,1-2H3. The Balaban J connectivity index is 1.09. The van der Waals surface area contributed by atoms with Gasteiger partial charge in [0.2, 0.25) is 0 Å². The summed E-state index contributed by atoms with van der Waals surface area (Å²) < 4.78 is 4.74. The molecule has 0 radical (unpaired) electrons. The fourth-order valence-corrected chi connectivity index (χ4v) is 4.56. The predicted molar refractivity (Wildman–Crippen MR) is 126 cm³/mol. The third-order valence-electron chi connectivity index (χ3n) is 6.20. The zero-order valence-electron chi connectivity index (χ0n) is 18.5. The topological polar surface area (TPSA) is 35.6 Å². The molecule has 4 nitrogen and oxygen atoms in total. The zero-order chi connectivity index (χ0) is 20.8. The molecule has 2 aromatic heterocycles. The van der Waals surface area contributed by atoms with Crippen molar-refractivity contribution in [2.75, 3.05) is 0 Å². The molecule has 0 bridgehead atoms. The molecule has 0 aliphatic heterocycles. The molecule has 0 saturated heterocycles. The van der Waals surface area contributed by atoms with Crippen LogP contribution in [0.25, 0.3) is 22.1 Å². The van der Waals surface area contributed by atoms with E-state index in [1.807, 2.05) is 0 Å². The second-order valence-corrected chi connectivity index (χ2v) is 8.43. The monoisotopic (exact) mass is 402 g/mol. The zero-order valence-corrected chi connectivity index (χ0v) is 18.5. The van der Waals surface area contributed by atoms with Crippen LogP contribution in [-0.2, 0) is 13.1 Å². The molecular formula is C26H34N4. The molecule has 0 N–H and O–H groups in total. The van der Waals surface area contributed by atoms with Gasteiger partial charge in [0, 0.05) is 13.1 Å². The van der Waals surface area contributed by atoms with E-state index in [0.29, 0.717) is 0 Å². The number of imidazole rings is 2. The largest absolute Gasteiger partial charge is 0.328 e. The van der Waals surface area contributed by atoms with Crippen LogP contribution in [0.5, 0.6) is 0 Å². The number of aryl methyl sites for hydroxylation is 4. The van der Waals surface area contributed by atoms with Crippen molar-refractivity contribution in [3.8, 4) is 0 Å². The maximum atomic E-state index is 4.67. The molecule has 0 amide bonds. The van der Waals surface area contributed by atoms with Crippen molar-refractivity contribution in [1.82, 2.24) is 19.1 Å². The van der Waals surface area contributed by atoms with E-state index >= 15 is 0 Å². The summed E-state index contributed by atoms with van der Waals surface area (Å²) in [5.41, 5.74) is 4.79. The molecular weight excluding hydrogens is 368 g/mol. The summed E-state index contributed by atoms with van der Waals surface area (Å²) in [6.07, 6.45) is 10.5. The summed E-state index contributed by atoms with van der Waals surface area (Å²) in [6, 6.07) is 16.9. The molecule has 4 heteroatoms. The lowest BCUT2D eigenvalue weighted by atomic mass is 10.1. The Morgan fingerprint density at radius 1 is 0.533 bits per heavy atom. The van der Waals surface area contributed by atoms with E-state index < -0.39 is 0 Å². The molecule has 4 rings (SSSR count). The van der Waals surface area contributed by atoms with Crippen molar-refractivity contribution >= 4 is 22.1 Å². The molecule has 0 spiro atoms. The fraction of sp³-hybridized carbons (Fsp3) is 0.462. The van der Waals surface area contributed by atoms with Gasteiger partial charge in [0.25, 0.3) is 0 Å². The summed E-state index contributed by atoms with van der Waals surface area (Å²) in [7, 11) is 0. The highest BCUT2D eigenvalue weighted by atomic mass is 15.1. The lowest BCUT2D eigenvalue weighted by Crippen LogP contribution is -2.00. The number of hydrogen-bond acceptors (Lipinski definition) is 2. The van der Waals surface area contributed by atoms with Crippen LogP contribution in [0.1, 0.15) is 63.0 Å². The molecule has 0 atom stereocenters. The second kappa shape index (κ2) is 9.92. The minimum atomic E-state index is 1.09. The van der Waals surface area contributed by atoms with Crippen molar-refractivity contribution in [1.29, 1.82) is 0 Å². The Bertz CT molecular complexity index is 1000. The maximum absolute atomic E-state index is 4.67. The maximum Gasteiger partial charge on any atom is 0.106 e. The van der Waals surface area contributed by atoms with Crippen LogP contribution < -0.4 is 0 Å². The van der Waals surface area contributed by atoms with Crippen LogP contribution in [-0.4, -0.2) is 19.1 Å². The first kappa shape index (κ1) is 20.6. The van der Waals surface area contributed by atoms with Gasteiger partial charge in [-0.25, -0.2) is 9.97 Å². The number of nitrogens with zero attached hydrogens (tertiary/aromatic N) is 4. The minimum Gasteiger partial charge on any atom is -0.328 e. The van der Waals surface area contributed by atoms with E-state index in [1.165, 1.54) is 62.4 Å². The van der Waals surface area contributed by atoms with Gasteiger partial charge in [-0.05, 0) is 51.0 Å². The predicted octanol–water partition coefficient (Wildman–Crippen LogP) is 6.82. The molecule has 0 fully saturated rings. The Labute approximate surface area is 180 Å². The van der Waals surface area contributed by atoms with E-state index in [1.54, 1.807) is 0 Å². The first-order valence-electron chi connectivity index (χ1n) is 11.6. The third-order valence-corrected chi connectivity index (χ3v) is 6.20. The van der Waals surface area contributed by atoms with Crippen LogP contribution in [0, 0.1) is 13.8 Å². The normalized spacial score (nSPS) is 11.7. The molecule has 158 valence electrons. The van der Waals surface area contributed by atoms with Crippen molar-refractivity contribution in [2.45, 2.75) is 78.3 Å². The number of hydrogen-bond donors (Lipinski definition) is 0. The molecule has 30 heavy (non-hydrogen) atoms. The van der Waals surface area contributed by atoms with Gasteiger partial charge in [-0.2, -0.15) is 0 Å². The number of unbranched alkanes of at least 4 members (excludes halogenated alkanes) is 7. The van der Waals surface area contributed by atoms with Crippen molar-refractivity contribution in [3.05, 3.63) is 60.2 Å². The van der Waals surface area contributed by atoms with Crippen molar-refractivity contribution in [2.24, 2.45) is 0 Å². The van der Waals surface area contributed by atoms with E-state index in [0.717, 1.165) is 35.8 Å². The molecule has 2 aromatic carbocycles. The van der Waals surface area contributed by atoms with Crippen LogP contribution in [0.4, 0.5) is 0 Å². The van der Waals surface area contributed by atoms with E-state index in [-0.39, 0.29) is 0 Å². The number of benzene rings is 2. The van der Waals surface area contributed by atoms with Gasteiger partial charge in [-0.3, -0.25) is 0 Å². The van der Waals surface area contributed by atoms with Crippen LogP contribution in [0.2, 0.25) is 0 Å². The number of para-hydroxylation sites is 4. The molecule has 0 unspecified atom stereocenters. The summed E-state index contributed by atoms with van der Waals surface area (Å²) in [5.74, 6) is 2.27. The first-order valence-corrected chi connectivity index (χ1v) is 11.6. The van der Waals surface area contributed by atoms with Crippen LogP contribution >= 0.6 is 0 Å². The van der Waals surface area contributed by atoms with Gasteiger partial charge in [0.05, 0.1) is 22.1 Å². The lowest BCUT2D eigenvalue weighted by molar-refractivity contribution is 0.526. The lowest BCUT2D eigenvalue weighted by Gasteiger charge is -2.08. The third kappa shape index (κ3) is 4.75. The van der Waals surface area contributed by atoms with E-state index in [4.69, 9.17) is 0 Å². The number of fused-ring (bicyclic) bond motifs is 2. The SMILES string of the molecule is Cc1nc2ccccc2n1CCCCCCCCCCn1c(C)nc2ccccc21. The average Bonchev–Trinajstić information content (AvgIpc) is 3.25. The van der Waals surface area contributed by atoms with Gasteiger partial charge in [0.1, 0.15) is 11.6 Å². The Kier molecular flexibility index (Phi) is 6.83. The highest BCUT2D eigenvalue weighted by molar-refractivity contribution is 5.76. The number of aromatic nitrogens is 4. The molecule has 2 heterocycles. The summed E-state index contributed by atoms with van der Waals surface area (Å²) >= 11 is 0. The summed E-state index contributed by atoms with van der Waals surface area (Å²) in [6.45, 7) is 6.41. The quantitative estimate of drug-likeness (QED) is 0.258.